The van der Waals surface area contributed by atoms with Gasteiger partial charge in [-0.15, -0.1) is 6.58 Å². The molecule has 0 aliphatic heterocycles. The molecule has 1 amide bonds. The number of nitriles is 1. The Kier molecular flexibility index (Phi) is 8.95. The van der Waals surface area contributed by atoms with Crippen molar-refractivity contribution in [2.24, 2.45) is 0 Å². The van der Waals surface area contributed by atoms with Crippen LogP contribution in [0.3, 0.4) is 0 Å². The molecule has 0 fully saturated rings. The van der Waals surface area contributed by atoms with E-state index in [1.165, 1.54) is 18.2 Å². The molecular weight excluding hydrogens is 578 g/mol. The molecule has 0 aliphatic carbocycles. The second-order valence-electron chi connectivity index (χ2n) is 7.33. The summed E-state index contributed by atoms with van der Waals surface area (Å²) < 4.78 is 7.39. The topological polar surface area (TPSA) is 105 Å². The Labute approximate surface area is 219 Å². The van der Waals surface area contributed by atoms with Crippen molar-refractivity contribution in [2.75, 3.05) is 5.32 Å². The Morgan fingerprint density at radius 1 is 1.17 bits per heavy atom. The van der Waals surface area contributed by atoms with Gasteiger partial charge < -0.3 is 10.1 Å². The highest BCUT2D eigenvalue weighted by Crippen LogP contribution is 2.33. The Morgan fingerprint density at radius 2 is 1.94 bits per heavy atom. The van der Waals surface area contributed by atoms with Crippen LogP contribution in [-0.4, -0.2) is 10.8 Å². The number of anilines is 1. The number of hydrogen-bond acceptors (Lipinski definition) is 5. The lowest BCUT2D eigenvalue weighted by Gasteiger charge is -2.14. The van der Waals surface area contributed by atoms with E-state index in [-0.39, 0.29) is 17.9 Å². The first-order valence-electron chi connectivity index (χ1n) is 10.3. The van der Waals surface area contributed by atoms with Crippen molar-refractivity contribution in [3.63, 3.8) is 0 Å². The number of rotatable bonds is 9. The molecule has 0 atom stereocenters. The quantitative estimate of drug-likeness (QED) is 0.0943. The number of nitro benzene ring substituents is 1. The normalized spacial score (nSPS) is 10.8. The van der Waals surface area contributed by atoms with Crippen LogP contribution in [0.1, 0.15) is 16.7 Å². The molecule has 0 saturated heterocycles. The van der Waals surface area contributed by atoms with Gasteiger partial charge in [0.05, 0.1) is 9.40 Å². The maximum absolute atomic E-state index is 12.6. The fraction of sp³-hybridized carbons (Fsp3) is 0.0769. The SMILES string of the molecule is C=CCc1cc(/C=C(/C#N)C(=O)Nc2cccc(Br)c2)cc(Br)c1OCc1cccc([N+](=O)[O-])c1. The van der Waals surface area contributed by atoms with Crippen molar-refractivity contribution in [3.05, 3.63) is 115 Å². The largest absolute Gasteiger partial charge is 0.487 e. The van der Waals surface area contributed by atoms with Crippen molar-refractivity contribution in [3.8, 4) is 11.8 Å². The van der Waals surface area contributed by atoms with E-state index >= 15 is 0 Å². The summed E-state index contributed by atoms with van der Waals surface area (Å²) in [6.07, 6.45) is 3.67. The van der Waals surface area contributed by atoms with E-state index in [2.05, 4.69) is 43.8 Å². The van der Waals surface area contributed by atoms with Crippen LogP contribution >= 0.6 is 31.9 Å². The molecule has 7 nitrogen and oxygen atoms in total. The Hall–Kier alpha value is -3.74. The minimum atomic E-state index is -0.530. The van der Waals surface area contributed by atoms with Gasteiger partial charge in [0.1, 0.15) is 24.0 Å². The number of ether oxygens (including phenoxy) is 1. The van der Waals surface area contributed by atoms with Gasteiger partial charge in [0.25, 0.3) is 11.6 Å². The summed E-state index contributed by atoms with van der Waals surface area (Å²) in [5.41, 5.74) is 2.53. The van der Waals surface area contributed by atoms with Crippen molar-refractivity contribution < 1.29 is 14.5 Å². The second-order valence-corrected chi connectivity index (χ2v) is 9.10. The molecule has 3 aromatic rings. The molecule has 3 aromatic carbocycles. The van der Waals surface area contributed by atoms with Crippen molar-refractivity contribution in [1.29, 1.82) is 5.26 Å². The zero-order valence-electron chi connectivity index (χ0n) is 18.3. The molecule has 0 radical (unpaired) electrons. The van der Waals surface area contributed by atoms with Crippen LogP contribution in [0.15, 0.2) is 87.8 Å². The highest BCUT2D eigenvalue weighted by Gasteiger charge is 2.14. The van der Waals surface area contributed by atoms with Gasteiger partial charge in [0.2, 0.25) is 0 Å². The van der Waals surface area contributed by atoms with Gasteiger partial charge in [-0.05, 0) is 75.4 Å². The van der Waals surface area contributed by atoms with E-state index in [1.54, 1.807) is 48.5 Å². The van der Waals surface area contributed by atoms with Gasteiger partial charge in [0.15, 0.2) is 0 Å². The smallest absolute Gasteiger partial charge is 0.269 e. The number of carbonyl (C=O) groups excluding carboxylic acids is 1. The van der Waals surface area contributed by atoms with Crippen LogP contribution in [0.2, 0.25) is 0 Å². The van der Waals surface area contributed by atoms with Gasteiger partial charge in [-0.3, -0.25) is 14.9 Å². The fourth-order valence-electron chi connectivity index (χ4n) is 3.22. The summed E-state index contributed by atoms with van der Waals surface area (Å²) in [5, 5.41) is 23.3. The zero-order valence-corrected chi connectivity index (χ0v) is 21.5. The average molecular weight is 597 g/mol. The van der Waals surface area contributed by atoms with Gasteiger partial charge in [-0.25, -0.2) is 0 Å². The van der Waals surface area contributed by atoms with Crippen molar-refractivity contribution in [1.82, 2.24) is 0 Å². The molecular formula is C26H19Br2N3O4. The van der Waals surface area contributed by atoms with Crippen molar-refractivity contribution >= 4 is 55.2 Å². The van der Waals surface area contributed by atoms with Crippen LogP contribution in [0.5, 0.6) is 5.75 Å². The summed E-state index contributed by atoms with van der Waals surface area (Å²) in [6.45, 7) is 3.91. The Bertz CT molecular complexity index is 1360. The van der Waals surface area contributed by atoms with E-state index in [0.717, 1.165) is 10.0 Å². The lowest BCUT2D eigenvalue weighted by molar-refractivity contribution is -0.384. The number of hydrogen-bond donors (Lipinski definition) is 1. The number of nitrogens with zero attached hydrogens (tertiary/aromatic N) is 2. The van der Waals surface area contributed by atoms with Crippen LogP contribution < -0.4 is 10.1 Å². The average Bonchev–Trinajstić information content (AvgIpc) is 2.82. The summed E-state index contributed by atoms with van der Waals surface area (Å²) >= 11 is 6.85. The number of halogens is 2. The third-order valence-corrected chi connectivity index (χ3v) is 5.85. The summed E-state index contributed by atoms with van der Waals surface area (Å²) in [7, 11) is 0. The van der Waals surface area contributed by atoms with Crippen LogP contribution in [0, 0.1) is 21.4 Å². The lowest BCUT2D eigenvalue weighted by atomic mass is 10.0. The zero-order chi connectivity index (χ0) is 25.4. The van der Waals surface area contributed by atoms with E-state index in [0.29, 0.717) is 33.5 Å². The minimum absolute atomic E-state index is 0.0119. The second kappa shape index (κ2) is 12.1. The number of benzene rings is 3. The summed E-state index contributed by atoms with van der Waals surface area (Å²) in [4.78, 5) is 23.2. The number of allylic oxidation sites excluding steroid dienone is 1. The molecule has 3 rings (SSSR count). The molecule has 35 heavy (non-hydrogen) atoms. The van der Waals surface area contributed by atoms with Crippen LogP contribution in [-0.2, 0) is 17.8 Å². The van der Waals surface area contributed by atoms with Crippen LogP contribution in [0.25, 0.3) is 6.08 Å². The molecule has 0 aliphatic rings. The fourth-order valence-corrected chi connectivity index (χ4v) is 4.25. The summed E-state index contributed by atoms with van der Waals surface area (Å²) in [6, 6.07) is 18.8. The standard InChI is InChI=1S/C26H19Br2N3O4/c1-2-5-19-10-18(11-20(15-29)26(32)30-22-8-4-7-21(27)14-22)13-24(28)25(19)35-16-17-6-3-9-23(12-17)31(33)34/h2-4,6-14H,1,5,16H2,(H,30,32)/b20-11-. The molecule has 0 unspecified atom stereocenters. The van der Waals surface area contributed by atoms with Gasteiger partial charge in [-0.2, -0.15) is 5.26 Å². The molecule has 0 saturated carbocycles. The monoisotopic (exact) mass is 595 g/mol. The first-order valence-corrected chi connectivity index (χ1v) is 11.9. The lowest BCUT2D eigenvalue weighted by Crippen LogP contribution is -2.13. The Balaban J connectivity index is 1.85. The summed E-state index contributed by atoms with van der Waals surface area (Å²) in [5.74, 6) is 0.0173. The Morgan fingerprint density at radius 3 is 2.63 bits per heavy atom. The molecule has 176 valence electrons. The van der Waals surface area contributed by atoms with Crippen molar-refractivity contribution in [2.45, 2.75) is 13.0 Å². The highest BCUT2D eigenvalue weighted by molar-refractivity contribution is 9.10. The molecule has 0 aromatic heterocycles. The number of nitrogens with one attached hydrogen (secondary N) is 1. The third kappa shape index (κ3) is 7.12. The third-order valence-electron chi connectivity index (χ3n) is 4.77. The van der Waals surface area contributed by atoms with Gasteiger partial charge >= 0.3 is 0 Å². The predicted molar refractivity (Wildman–Crippen MR) is 142 cm³/mol. The van der Waals surface area contributed by atoms with E-state index in [1.807, 2.05) is 12.1 Å². The molecule has 9 heteroatoms. The predicted octanol–water partition coefficient (Wildman–Crippen LogP) is 6.97. The van der Waals surface area contributed by atoms with E-state index in [9.17, 15) is 20.2 Å². The van der Waals surface area contributed by atoms with E-state index < -0.39 is 10.8 Å². The van der Waals surface area contributed by atoms with Gasteiger partial charge in [0, 0.05) is 22.3 Å². The van der Waals surface area contributed by atoms with Gasteiger partial charge in [-0.1, -0.05) is 40.2 Å². The van der Waals surface area contributed by atoms with Crippen LogP contribution in [0.4, 0.5) is 11.4 Å². The first kappa shape index (κ1) is 25.9. The minimum Gasteiger partial charge on any atom is -0.487 e. The molecule has 0 heterocycles. The number of amides is 1. The molecule has 1 N–H and O–H groups in total. The first-order chi connectivity index (χ1) is 16.8. The number of non-ortho nitro benzene ring substituents is 1. The number of carbonyl (C=O) groups is 1. The molecule has 0 bridgehead atoms. The maximum Gasteiger partial charge on any atom is 0.269 e. The number of nitro groups is 1. The van der Waals surface area contributed by atoms with E-state index in [4.69, 9.17) is 4.74 Å². The molecule has 0 spiro atoms. The maximum atomic E-state index is 12.6. The highest BCUT2D eigenvalue weighted by atomic mass is 79.9.